The number of hydrogen-bond acceptors (Lipinski definition) is 6. The Bertz CT molecular complexity index is 1200. The quantitative estimate of drug-likeness (QED) is 0.253. The number of carbonyl (C=O) groups excluding carboxylic acids is 3. The zero-order valence-corrected chi connectivity index (χ0v) is 26.3. The fraction of sp³-hybridized carbons (Fsp3) is 0.625. The highest BCUT2D eigenvalue weighted by atomic mass is 32.1. The number of nitrogens with zero attached hydrogens (tertiary/aromatic N) is 2. The average molecular weight is 584 g/mol. The third-order valence-electron chi connectivity index (χ3n) is 8.24. The van der Waals surface area contributed by atoms with Crippen molar-refractivity contribution in [3.63, 3.8) is 0 Å². The monoisotopic (exact) mass is 583 g/mol. The molecule has 3 amide bonds. The highest BCUT2D eigenvalue weighted by molar-refractivity contribution is 7.18. The van der Waals surface area contributed by atoms with E-state index in [2.05, 4.69) is 55.4 Å². The molecule has 0 radical (unpaired) electrons. The Hall–Kier alpha value is -2.78. The normalized spacial score (nSPS) is 16.2. The highest BCUT2D eigenvalue weighted by Gasteiger charge is 2.29. The molecule has 0 saturated heterocycles. The molecule has 0 spiro atoms. The van der Waals surface area contributed by atoms with Crippen LogP contribution in [-0.4, -0.2) is 59.3 Å². The fourth-order valence-corrected chi connectivity index (χ4v) is 6.57. The molecule has 0 bridgehead atoms. The topological polar surface area (TPSA) is 117 Å². The largest absolute Gasteiger partial charge is 0.366 e. The molecule has 9 heteroatoms. The lowest BCUT2D eigenvalue weighted by Gasteiger charge is -2.32. The summed E-state index contributed by atoms with van der Waals surface area (Å²) >= 11 is 1.58. The first-order chi connectivity index (χ1) is 19.6. The van der Waals surface area contributed by atoms with Gasteiger partial charge in [0.05, 0.1) is 15.2 Å². The first-order valence-corrected chi connectivity index (χ1v) is 16.2. The van der Waals surface area contributed by atoms with Gasteiger partial charge in [0.15, 0.2) is 0 Å². The summed E-state index contributed by atoms with van der Waals surface area (Å²) in [7, 11) is 0. The molecule has 1 aliphatic rings. The lowest BCUT2D eigenvalue weighted by atomic mass is 9.82. The molecule has 1 aromatic carbocycles. The summed E-state index contributed by atoms with van der Waals surface area (Å²) in [6, 6.07) is 5.43. The minimum Gasteiger partial charge on any atom is -0.366 e. The van der Waals surface area contributed by atoms with Crippen LogP contribution >= 0.6 is 11.3 Å². The molecule has 226 valence electrons. The van der Waals surface area contributed by atoms with E-state index in [0.717, 1.165) is 54.0 Å². The molecule has 1 saturated carbocycles. The number of fused-ring (bicyclic) bond motifs is 1. The fourth-order valence-electron chi connectivity index (χ4n) is 5.51. The zero-order valence-electron chi connectivity index (χ0n) is 25.5. The summed E-state index contributed by atoms with van der Waals surface area (Å²) in [6.45, 7) is 12.4. The van der Waals surface area contributed by atoms with Crippen LogP contribution in [0.15, 0.2) is 29.8 Å². The van der Waals surface area contributed by atoms with Gasteiger partial charge < -0.3 is 16.4 Å². The molecule has 1 fully saturated rings. The second-order valence-corrected chi connectivity index (χ2v) is 12.6. The van der Waals surface area contributed by atoms with Crippen LogP contribution in [0, 0.1) is 5.92 Å². The van der Waals surface area contributed by atoms with Crippen molar-refractivity contribution in [1.29, 1.82) is 0 Å². The Morgan fingerprint density at radius 3 is 2.41 bits per heavy atom. The molecule has 8 nitrogen and oxygen atoms in total. The van der Waals surface area contributed by atoms with E-state index in [1.165, 1.54) is 12.0 Å². The van der Waals surface area contributed by atoms with Crippen molar-refractivity contribution >= 4 is 39.3 Å². The van der Waals surface area contributed by atoms with Gasteiger partial charge in [-0.25, -0.2) is 4.98 Å². The maximum absolute atomic E-state index is 13.8. The van der Waals surface area contributed by atoms with E-state index < -0.39 is 11.9 Å². The summed E-state index contributed by atoms with van der Waals surface area (Å²) in [4.78, 5) is 45.5. The minimum absolute atomic E-state index is 0.140. The smallest absolute Gasteiger partial charge is 0.245 e. The number of nitrogens with two attached hydrogens (primary N) is 1. The molecule has 3 rings (SSSR count). The highest BCUT2D eigenvalue weighted by Crippen LogP contribution is 2.29. The van der Waals surface area contributed by atoms with E-state index >= 15 is 0 Å². The van der Waals surface area contributed by atoms with Crippen molar-refractivity contribution in [2.75, 3.05) is 19.6 Å². The van der Waals surface area contributed by atoms with Crippen molar-refractivity contribution in [3.05, 3.63) is 40.4 Å². The maximum Gasteiger partial charge on any atom is 0.245 e. The second kappa shape index (κ2) is 16.0. The molecule has 0 aliphatic heterocycles. The van der Waals surface area contributed by atoms with Gasteiger partial charge in [-0.1, -0.05) is 66.0 Å². The summed E-state index contributed by atoms with van der Waals surface area (Å²) in [5.41, 5.74) is 8.49. The van der Waals surface area contributed by atoms with E-state index in [4.69, 9.17) is 10.7 Å². The van der Waals surface area contributed by atoms with E-state index in [9.17, 15) is 14.4 Å². The van der Waals surface area contributed by atoms with Gasteiger partial charge in [-0.15, -0.1) is 11.3 Å². The number of thiazole rings is 1. The van der Waals surface area contributed by atoms with Gasteiger partial charge in [0.2, 0.25) is 17.7 Å². The molecular weight excluding hydrogens is 534 g/mol. The Labute approximate surface area is 249 Å². The Kier molecular flexibility index (Phi) is 12.8. The Morgan fingerprint density at radius 2 is 1.80 bits per heavy atom. The zero-order chi connectivity index (χ0) is 29.9. The van der Waals surface area contributed by atoms with Crippen molar-refractivity contribution < 1.29 is 14.4 Å². The van der Waals surface area contributed by atoms with Crippen molar-refractivity contribution in [1.82, 2.24) is 20.5 Å². The maximum atomic E-state index is 13.8. The SMILES string of the molecule is CCC(=O)N[C@@H](Cc1nc2ccc(C(C)C)cc2s1)C(=O)N[C@@H](CC=C(CN(CC)CC)C(N)=O)C1CCCCC1. The Morgan fingerprint density at radius 1 is 1.10 bits per heavy atom. The molecule has 1 heterocycles. The van der Waals surface area contributed by atoms with Gasteiger partial charge in [-0.3, -0.25) is 19.3 Å². The number of rotatable bonds is 15. The average Bonchev–Trinajstić information content (AvgIpc) is 3.38. The number of hydrogen-bond donors (Lipinski definition) is 3. The van der Waals surface area contributed by atoms with Gasteiger partial charge >= 0.3 is 0 Å². The molecular formula is C32H49N5O3S. The lowest BCUT2D eigenvalue weighted by molar-refractivity contribution is -0.129. The molecule has 2 atom stereocenters. The Balaban J connectivity index is 1.83. The molecule has 41 heavy (non-hydrogen) atoms. The predicted molar refractivity (Wildman–Crippen MR) is 168 cm³/mol. The van der Waals surface area contributed by atoms with Crippen LogP contribution in [0.25, 0.3) is 10.2 Å². The number of aromatic nitrogens is 1. The van der Waals surface area contributed by atoms with Crippen molar-refractivity contribution in [2.45, 2.75) is 104 Å². The standard InChI is InChI=1S/C32H49N5O3S/c1-6-29(38)34-27(19-30-35-26-17-14-23(21(4)5)18-28(26)41-30)32(40)36-25(22-12-10-9-11-13-22)16-15-24(31(33)39)20-37(7-2)8-3/h14-15,17-18,21-22,25,27H,6-13,16,19-20H2,1-5H3,(H2,33,39)(H,34,38)(H,36,40)/t25-,27-/m0/s1. The first kappa shape index (κ1) is 32.7. The van der Waals surface area contributed by atoms with Crippen LogP contribution < -0.4 is 16.4 Å². The summed E-state index contributed by atoms with van der Waals surface area (Å²) in [6.07, 6.45) is 8.59. The summed E-state index contributed by atoms with van der Waals surface area (Å²) in [5.74, 6) is -0.0683. The lowest BCUT2D eigenvalue weighted by Crippen LogP contribution is -2.52. The molecule has 0 unspecified atom stereocenters. The summed E-state index contributed by atoms with van der Waals surface area (Å²) < 4.78 is 1.09. The molecule has 2 aromatic rings. The van der Waals surface area contributed by atoms with E-state index in [1.807, 2.05) is 12.1 Å². The van der Waals surface area contributed by atoms with Crippen LogP contribution in [0.2, 0.25) is 0 Å². The van der Waals surface area contributed by atoms with Gasteiger partial charge in [-0.05, 0) is 61.9 Å². The van der Waals surface area contributed by atoms with Gasteiger partial charge in [0.1, 0.15) is 6.04 Å². The van der Waals surface area contributed by atoms with E-state index in [1.54, 1.807) is 18.3 Å². The van der Waals surface area contributed by atoms with Crippen LogP contribution in [-0.2, 0) is 20.8 Å². The summed E-state index contributed by atoms with van der Waals surface area (Å²) in [5, 5.41) is 7.05. The van der Waals surface area contributed by atoms with Crippen LogP contribution in [0.4, 0.5) is 0 Å². The third kappa shape index (κ3) is 9.64. The predicted octanol–water partition coefficient (Wildman–Crippen LogP) is 5.07. The van der Waals surface area contributed by atoms with Crippen LogP contribution in [0.5, 0.6) is 0 Å². The molecule has 1 aromatic heterocycles. The number of primary amides is 1. The van der Waals surface area contributed by atoms with Gasteiger partial charge in [0, 0.05) is 31.0 Å². The van der Waals surface area contributed by atoms with Crippen LogP contribution in [0.1, 0.15) is 96.1 Å². The van der Waals surface area contributed by atoms with Crippen molar-refractivity contribution in [3.8, 4) is 0 Å². The van der Waals surface area contributed by atoms with Gasteiger partial charge in [0.25, 0.3) is 0 Å². The number of benzene rings is 1. The van der Waals surface area contributed by atoms with Gasteiger partial charge in [-0.2, -0.15) is 0 Å². The molecule has 4 N–H and O–H groups in total. The number of likely N-dealkylation sites (N-methyl/N-ethyl adjacent to an activating group) is 1. The number of nitrogens with one attached hydrogen (secondary N) is 2. The second-order valence-electron chi connectivity index (χ2n) is 11.5. The van der Waals surface area contributed by atoms with Crippen molar-refractivity contribution in [2.24, 2.45) is 11.7 Å². The van der Waals surface area contributed by atoms with Crippen LogP contribution in [0.3, 0.4) is 0 Å². The van der Waals surface area contributed by atoms with E-state index in [-0.39, 0.29) is 17.9 Å². The molecule has 1 aliphatic carbocycles. The number of amides is 3. The number of carbonyl (C=O) groups is 3. The minimum atomic E-state index is -0.728. The third-order valence-corrected chi connectivity index (χ3v) is 9.29. The van der Waals surface area contributed by atoms with E-state index in [0.29, 0.717) is 43.2 Å². The first-order valence-electron chi connectivity index (χ1n) is 15.3.